The lowest BCUT2D eigenvalue weighted by atomic mass is 10.1. The van der Waals surface area contributed by atoms with E-state index in [1.165, 1.54) is 0 Å². The van der Waals surface area contributed by atoms with Crippen LogP contribution >= 0.6 is 0 Å². The van der Waals surface area contributed by atoms with Gasteiger partial charge < -0.3 is 5.11 Å². The van der Waals surface area contributed by atoms with E-state index >= 15 is 0 Å². The molecule has 2 nitrogen and oxygen atoms in total. The molecule has 0 saturated heterocycles. The Kier molecular flexibility index (Phi) is 8.70. The van der Waals surface area contributed by atoms with Crippen molar-refractivity contribution < 1.29 is 5.11 Å². The van der Waals surface area contributed by atoms with Crippen LogP contribution in [0.3, 0.4) is 0 Å². The highest BCUT2D eigenvalue weighted by Crippen LogP contribution is 2.08. The molecule has 0 saturated carbocycles. The Morgan fingerprint density at radius 2 is 2.00 bits per heavy atom. The van der Waals surface area contributed by atoms with Crippen molar-refractivity contribution >= 4 is 0 Å². The first kappa shape index (κ1) is 12.2. The minimum Gasteiger partial charge on any atom is -0.393 e. The summed E-state index contributed by atoms with van der Waals surface area (Å²) in [5, 5.41) is 17.6. The molecule has 2 heteroatoms. The van der Waals surface area contributed by atoms with Crippen molar-refractivity contribution in [2.24, 2.45) is 0 Å². The molecule has 1 N–H and O–H groups in total. The van der Waals surface area contributed by atoms with Crippen LogP contribution in [0.1, 0.15) is 44.9 Å². The number of aliphatic hydroxyl groups is 1. The fourth-order valence-corrected chi connectivity index (χ4v) is 1.25. The van der Waals surface area contributed by atoms with Crippen molar-refractivity contribution in [3.05, 3.63) is 12.7 Å². The molecule has 74 valence electrons. The summed E-state index contributed by atoms with van der Waals surface area (Å²) in [7, 11) is 0. The van der Waals surface area contributed by atoms with E-state index in [2.05, 4.69) is 12.6 Å². The third-order valence-corrected chi connectivity index (χ3v) is 2.01. The molecule has 0 heterocycles. The molecule has 0 amide bonds. The monoisotopic (exact) mass is 181 g/mol. The lowest BCUT2D eigenvalue weighted by molar-refractivity contribution is 0.164. The van der Waals surface area contributed by atoms with Crippen LogP contribution in [0, 0.1) is 11.3 Å². The van der Waals surface area contributed by atoms with Gasteiger partial charge in [0.25, 0.3) is 0 Å². The average Bonchev–Trinajstić information content (AvgIpc) is 2.11. The van der Waals surface area contributed by atoms with Crippen molar-refractivity contribution in [3.63, 3.8) is 0 Å². The molecule has 0 aromatic rings. The van der Waals surface area contributed by atoms with Gasteiger partial charge >= 0.3 is 0 Å². The van der Waals surface area contributed by atoms with E-state index in [1.807, 2.05) is 0 Å². The lowest BCUT2D eigenvalue weighted by Gasteiger charge is -2.06. The van der Waals surface area contributed by atoms with Gasteiger partial charge in [0, 0.05) is 6.42 Å². The predicted octanol–water partition coefficient (Wildman–Crippen LogP) is 2.79. The zero-order chi connectivity index (χ0) is 9.94. The maximum atomic E-state index is 9.33. The molecule has 0 aliphatic rings. The Morgan fingerprint density at radius 1 is 1.31 bits per heavy atom. The zero-order valence-corrected chi connectivity index (χ0v) is 8.21. The normalized spacial score (nSPS) is 12.0. The van der Waals surface area contributed by atoms with Crippen molar-refractivity contribution in [2.75, 3.05) is 0 Å². The second kappa shape index (κ2) is 9.28. The third kappa shape index (κ3) is 9.10. The fraction of sp³-hybridized carbons (Fsp3) is 0.727. The number of hydrogen-bond donors (Lipinski definition) is 1. The summed E-state index contributed by atoms with van der Waals surface area (Å²) in [4.78, 5) is 0. The Labute approximate surface area is 80.9 Å². The summed E-state index contributed by atoms with van der Waals surface area (Å²) >= 11 is 0. The highest BCUT2D eigenvalue weighted by molar-refractivity contribution is 4.72. The molecule has 0 rings (SSSR count). The summed E-state index contributed by atoms with van der Waals surface area (Å²) in [6, 6.07) is 2.13. The Balaban J connectivity index is 3.07. The van der Waals surface area contributed by atoms with Crippen molar-refractivity contribution in [3.8, 4) is 6.07 Å². The van der Waals surface area contributed by atoms with Gasteiger partial charge in [0.2, 0.25) is 0 Å². The van der Waals surface area contributed by atoms with E-state index < -0.39 is 0 Å². The van der Waals surface area contributed by atoms with Gasteiger partial charge in [0.05, 0.1) is 12.2 Å². The van der Waals surface area contributed by atoms with Crippen LogP contribution in [0.2, 0.25) is 0 Å². The number of nitrogens with zero attached hydrogens (tertiary/aromatic N) is 1. The van der Waals surface area contributed by atoms with Gasteiger partial charge in [-0.25, -0.2) is 0 Å². The van der Waals surface area contributed by atoms with E-state index in [4.69, 9.17) is 5.26 Å². The van der Waals surface area contributed by atoms with Crippen LogP contribution < -0.4 is 0 Å². The molecule has 0 bridgehead atoms. The van der Waals surface area contributed by atoms with Crippen LogP contribution in [0.15, 0.2) is 12.7 Å². The molecule has 0 aliphatic heterocycles. The molecule has 0 aromatic heterocycles. The van der Waals surface area contributed by atoms with E-state index in [0.717, 1.165) is 32.1 Å². The lowest BCUT2D eigenvalue weighted by Crippen LogP contribution is -2.03. The predicted molar refractivity (Wildman–Crippen MR) is 54.1 cm³/mol. The quantitative estimate of drug-likeness (QED) is 0.462. The van der Waals surface area contributed by atoms with Crippen molar-refractivity contribution in [2.45, 2.75) is 51.0 Å². The second-order valence-electron chi connectivity index (χ2n) is 3.29. The summed E-state index contributed by atoms with van der Waals surface area (Å²) in [6.07, 6.45) is 8.03. The summed E-state index contributed by atoms with van der Waals surface area (Å²) in [5.74, 6) is 0. The number of unbranched alkanes of at least 4 members (excludes halogenated alkanes) is 4. The van der Waals surface area contributed by atoms with Crippen LogP contribution in [-0.2, 0) is 0 Å². The molecule has 0 aromatic carbocycles. The van der Waals surface area contributed by atoms with Gasteiger partial charge in [-0.05, 0) is 19.3 Å². The number of hydrogen-bond acceptors (Lipinski definition) is 2. The van der Waals surface area contributed by atoms with Gasteiger partial charge in [-0.3, -0.25) is 0 Å². The van der Waals surface area contributed by atoms with Gasteiger partial charge in [-0.15, -0.1) is 6.58 Å². The fourth-order valence-electron chi connectivity index (χ4n) is 1.25. The summed E-state index contributed by atoms with van der Waals surface area (Å²) in [5.41, 5.74) is 0. The van der Waals surface area contributed by atoms with Gasteiger partial charge in [0.15, 0.2) is 0 Å². The topological polar surface area (TPSA) is 44.0 Å². The summed E-state index contributed by atoms with van der Waals surface area (Å²) < 4.78 is 0. The minimum absolute atomic E-state index is 0.214. The standard InChI is InChI=1S/C11H19NO/c1-2-8-11(13)9-6-4-3-5-7-10-12/h2,11,13H,1,3-9H2/t11-/m0/s1. The van der Waals surface area contributed by atoms with E-state index in [9.17, 15) is 5.11 Å². The van der Waals surface area contributed by atoms with Crippen LogP contribution in [0.5, 0.6) is 0 Å². The third-order valence-electron chi connectivity index (χ3n) is 2.01. The van der Waals surface area contributed by atoms with E-state index in [-0.39, 0.29) is 6.10 Å². The molecule has 0 fully saturated rings. The molecule has 0 aliphatic carbocycles. The molecule has 13 heavy (non-hydrogen) atoms. The molecular formula is C11H19NO. The van der Waals surface area contributed by atoms with E-state index in [1.54, 1.807) is 6.08 Å². The van der Waals surface area contributed by atoms with Crippen LogP contribution in [0.25, 0.3) is 0 Å². The first-order valence-corrected chi connectivity index (χ1v) is 4.97. The molecule has 0 spiro atoms. The maximum absolute atomic E-state index is 9.33. The number of aliphatic hydroxyl groups excluding tert-OH is 1. The van der Waals surface area contributed by atoms with Crippen LogP contribution in [-0.4, -0.2) is 11.2 Å². The van der Waals surface area contributed by atoms with Crippen molar-refractivity contribution in [1.29, 1.82) is 5.26 Å². The number of nitriles is 1. The molecule has 0 radical (unpaired) electrons. The molecule has 1 atom stereocenters. The Morgan fingerprint density at radius 3 is 2.62 bits per heavy atom. The smallest absolute Gasteiger partial charge is 0.0621 e. The van der Waals surface area contributed by atoms with Crippen molar-refractivity contribution in [1.82, 2.24) is 0 Å². The molecular weight excluding hydrogens is 162 g/mol. The zero-order valence-electron chi connectivity index (χ0n) is 8.21. The van der Waals surface area contributed by atoms with Gasteiger partial charge in [-0.2, -0.15) is 5.26 Å². The number of rotatable bonds is 8. The Bertz CT molecular complexity index is 160. The summed E-state index contributed by atoms with van der Waals surface area (Å²) in [6.45, 7) is 3.57. The first-order chi connectivity index (χ1) is 6.31. The Hall–Kier alpha value is -0.810. The van der Waals surface area contributed by atoms with E-state index in [0.29, 0.717) is 12.8 Å². The van der Waals surface area contributed by atoms with Gasteiger partial charge in [-0.1, -0.05) is 25.3 Å². The second-order valence-corrected chi connectivity index (χ2v) is 3.29. The van der Waals surface area contributed by atoms with Crippen LogP contribution in [0.4, 0.5) is 0 Å². The SMILES string of the molecule is C=CC[C@H](O)CCCCCCC#N. The maximum Gasteiger partial charge on any atom is 0.0621 e. The van der Waals surface area contributed by atoms with Gasteiger partial charge in [0.1, 0.15) is 0 Å². The highest BCUT2D eigenvalue weighted by Gasteiger charge is 2.00. The average molecular weight is 181 g/mol. The molecule has 0 unspecified atom stereocenters. The largest absolute Gasteiger partial charge is 0.393 e. The minimum atomic E-state index is -0.214. The highest BCUT2D eigenvalue weighted by atomic mass is 16.3. The first-order valence-electron chi connectivity index (χ1n) is 4.97.